The lowest BCUT2D eigenvalue weighted by atomic mass is 10.1. The first-order chi connectivity index (χ1) is 10.6. The molecule has 24 heavy (non-hydrogen) atoms. The van der Waals surface area contributed by atoms with E-state index < -0.39 is 50.1 Å². The van der Waals surface area contributed by atoms with Crippen LogP contribution in [0.15, 0.2) is 23.1 Å². The molecule has 0 amide bonds. The van der Waals surface area contributed by atoms with Gasteiger partial charge in [-0.1, -0.05) is 0 Å². The summed E-state index contributed by atoms with van der Waals surface area (Å²) in [5, 5.41) is 0. The number of ether oxygens (including phenoxy) is 1. The fourth-order valence-electron chi connectivity index (χ4n) is 1.97. The van der Waals surface area contributed by atoms with Gasteiger partial charge in [0, 0.05) is 6.54 Å². The maximum Gasteiger partial charge on any atom is 0.416 e. The fourth-order valence-corrected chi connectivity index (χ4v) is 3.07. The molecule has 11 heteroatoms. The van der Waals surface area contributed by atoms with Gasteiger partial charge in [-0.05, 0) is 32.0 Å². The lowest BCUT2D eigenvalue weighted by molar-refractivity contribution is -0.143. The molecule has 1 saturated heterocycles. The Morgan fingerprint density at radius 2 is 1.46 bits per heavy atom. The van der Waals surface area contributed by atoms with E-state index in [1.54, 1.807) is 13.8 Å². The Hall–Kier alpha value is -1.33. The second kappa shape index (κ2) is 5.60. The zero-order chi connectivity index (χ0) is 18.6. The van der Waals surface area contributed by atoms with Gasteiger partial charge in [-0.2, -0.15) is 26.3 Å². The Labute approximate surface area is 133 Å². The SMILES string of the molecule is CC1(C)O[C@H]1CNS(=O)(=O)c1cc(C(F)(F)F)cc(C(F)(F)F)c1. The third kappa shape index (κ3) is 4.19. The number of sulfonamides is 1. The first-order valence-electron chi connectivity index (χ1n) is 6.60. The van der Waals surface area contributed by atoms with Gasteiger partial charge in [-0.25, -0.2) is 13.1 Å². The van der Waals surface area contributed by atoms with Crippen molar-refractivity contribution in [3.05, 3.63) is 29.3 Å². The summed E-state index contributed by atoms with van der Waals surface area (Å²) in [6, 6.07) is 0.194. The van der Waals surface area contributed by atoms with Crippen LogP contribution in [0.2, 0.25) is 0 Å². The third-order valence-electron chi connectivity index (χ3n) is 3.49. The van der Waals surface area contributed by atoms with Gasteiger partial charge in [-0.15, -0.1) is 0 Å². The van der Waals surface area contributed by atoms with Gasteiger partial charge in [0.25, 0.3) is 0 Å². The van der Waals surface area contributed by atoms with Crippen LogP contribution in [-0.2, 0) is 27.1 Å². The van der Waals surface area contributed by atoms with E-state index in [1.807, 2.05) is 4.72 Å². The number of alkyl halides is 6. The second-order valence-electron chi connectivity index (χ2n) is 5.80. The molecule has 136 valence electrons. The summed E-state index contributed by atoms with van der Waals surface area (Å²) in [6.45, 7) is 3.07. The smallest absolute Gasteiger partial charge is 0.365 e. The van der Waals surface area contributed by atoms with Crippen molar-refractivity contribution >= 4 is 10.0 Å². The highest BCUT2D eigenvalue weighted by atomic mass is 32.2. The van der Waals surface area contributed by atoms with Crippen LogP contribution in [-0.4, -0.2) is 26.7 Å². The monoisotopic (exact) mass is 377 g/mol. The predicted molar refractivity (Wildman–Crippen MR) is 70.6 cm³/mol. The molecule has 1 atom stereocenters. The molecule has 0 saturated carbocycles. The van der Waals surface area contributed by atoms with Crippen LogP contribution in [0, 0.1) is 0 Å². The van der Waals surface area contributed by atoms with Crippen molar-refractivity contribution in [3.63, 3.8) is 0 Å². The van der Waals surface area contributed by atoms with Gasteiger partial charge in [0.15, 0.2) is 0 Å². The molecule has 1 aliphatic heterocycles. The first kappa shape index (κ1) is 19.0. The number of hydrogen-bond acceptors (Lipinski definition) is 3. The van der Waals surface area contributed by atoms with E-state index in [2.05, 4.69) is 0 Å². The molecule has 1 aliphatic rings. The summed E-state index contributed by atoms with van der Waals surface area (Å²) >= 11 is 0. The van der Waals surface area contributed by atoms with Crippen LogP contribution in [0.5, 0.6) is 0 Å². The Morgan fingerprint density at radius 1 is 1.04 bits per heavy atom. The molecule has 1 aromatic rings. The van der Waals surface area contributed by atoms with E-state index in [0.717, 1.165) is 0 Å². The number of halogens is 6. The Bertz CT molecular complexity index is 707. The molecule has 0 radical (unpaired) electrons. The van der Waals surface area contributed by atoms with Crippen LogP contribution >= 0.6 is 0 Å². The van der Waals surface area contributed by atoms with Gasteiger partial charge < -0.3 is 4.74 Å². The van der Waals surface area contributed by atoms with Crippen molar-refractivity contribution < 1.29 is 39.5 Å². The van der Waals surface area contributed by atoms with Crippen LogP contribution < -0.4 is 4.72 Å². The summed E-state index contributed by atoms with van der Waals surface area (Å²) in [7, 11) is -4.56. The molecule has 4 nitrogen and oxygen atoms in total. The largest absolute Gasteiger partial charge is 0.416 e. The van der Waals surface area contributed by atoms with Gasteiger partial charge in [0.2, 0.25) is 10.0 Å². The van der Waals surface area contributed by atoms with Crippen LogP contribution in [0.4, 0.5) is 26.3 Å². The molecule has 1 fully saturated rings. The number of nitrogens with one attached hydrogen (secondary N) is 1. The minimum atomic E-state index is -5.12. The normalized spacial score (nSPS) is 20.9. The predicted octanol–water partition coefficient (Wildman–Crippen LogP) is 3.18. The molecular weight excluding hydrogens is 364 g/mol. The van der Waals surface area contributed by atoms with Crippen molar-refractivity contribution in [1.29, 1.82) is 0 Å². The highest BCUT2D eigenvalue weighted by Crippen LogP contribution is 2.38. The summed E-state index contributed by atoms with van der Waals surface area (Å²) in [5.41, 5.74) is -3.98. The van der Waals surface area contributed by atoms with Gasteiger partial charge in [0.05, 0.1) is 21.6 Å². The molecular formula is C13H13F6NO3S. The molecule has 1 N–H and O–H groups in total. The molecule has 1 aromatic carbocycles. The minimum absolute atomic E-state index is 0.133. The third-order valence-corrected chi connectivity index (χ3v) is 4.90. The average Bonchev–Trinajstić information content (AvgIpc) is 3.02. The summed E-state index contributed by atoms with van der Waals surface area (Å²) in [6.07, 6.45) is -10.7. The van der Waals surface area contributed by atoms with Crippen LogP contribution in [0.25, 0.3) is 0 Å². The van der Waals surface area contributed by atoms with E-state index in [1.165, 1.54) is 0 Å². The summed E-state index contributed by atoms with van der Waals surface area (Å²) in [4.78, 5) is -1.11. The molecule has 0 bridgehead atoms. The van der Waals surface area contributed by atoms with E-state index in [4.69, 9.17) is 4.74 Å². The lowest BCUT2D eigenvalue weighted by Gasteiger charge is -2.14. The molecule has 0 aliphatic carbocycles. The Morgan fingerprint density at radius 3 is 1.79 bits per heavy atom. The zero-order valence-corrected chi connectivity index (χ0v) is 13.2. The van der Waals surface area contributed by atoms with E-state index >= 15 is 0 Å². The van der Waals surface area contributed by atoms with Gasteiger partial charge in [-0.3, -0.25) is 0 Å². The quantitative estimate of drug-likeness (QED) is 0.648. The Balaban J connectivity index is 2.37. The number of rotatable bonds is 4. The maximum absolute atomic E-state index is 12.7. The topological polar surface area (TPSA) is 58.7 Å². The molecule has 0 aromatic heterocycles. The van der Waals surface area contributed by atoms with Gasteiger partial charge >= 0.3 is 12.4 Å². The molecule has 0 spiro atoms. The standard InChI is InChI=1S/C13H13F6NO3S/c1-11(2)10(23-11)6-20-24(21,22)9-4-7(12(14,15)16)3-8(5-9)13(17,18)19/h3-5,10,20H,6H2,1-2H3/t10-/m0/s1. The second-order valence-corrected chi connectivity index (χ2v) is 7.57. The molecule has 0 unspecified atom stereocenters. The highest BCUT2D eigenvalue weighted by molar-refractivity contribution is 7.89. The number of benzene rings is 1. The average molecular weight is 377 g/mol. The lowest BCUT2D eigenvalue weighted by Crippen LogP contribution is -2.30. The van der Waals surface area contributed by atoms with Crippen molar-refractivity contribution in [2.24, 2.45) is 0 Å². The summed E-state index contributed by atoms with van der Waals surface area (Å²) < 4.78 is 108. The maximum atomic E-state index is 12.7. The van der Waals surface area contributed by atoms with Crippen molar-refractivity contribution in [3.8, 4) is 0 Å². The van der Waals surface area contributed by atoms with E-state index in [0.29, 0.717) is 0 Å². The van der Waals surface area contributed by atoms with Crippen molar-refractivity contribution in [2.45, 2.75) is 42.8 Å². The van der Waals surface area contributed by atoms with Crippen LogP contribution in [0.3, 0.4) is 0 Å². The summed E-state index contributed by atoms with van der Waals surface area (Å²) in [5.74, 6) is 0. The molecule has 1 heterocycles. The highest BCUT2D eigenvalue weighted by Gasteiger charge is 2.48. The van der Waals surface area contributed by atoms with Crippen LogP contribution in [0.1, 0.15) is 25.0 Å². The number of epoxide rings is 1. The van der Waals surface area contributed by atoms with Crippen molar-refractivity contribution in [2.75, 3.05) is 6.54 Å². The minimum Gasteiger partial charge on any atom is -0.365 e. The van der Waals surface area contributed by atoms with Gasteiger partial charge in [0.1, 0.15) is 6.10 Å². The fraction of sp³-hybridized carbons (Fsp3) is 0.538. The Kier molecular flexibility index (Phi) is 4.43. The first-order valence-corrected chi connectivity index (χ1v) is 8.08. The van der Waals surface area contributed by atoms with E-state index in [-0.39, 0.29) is 24.7 Å². The van der Waals surface area contributed by atoms with Crippen molar-refractivity contribution in [1.82, 2.24) is 4.72 Å². The van der Waals surface area contributed by atoms with E-state index in [9.17, 15) is 34.8 Å². The number of hydrogen-bond donors (Lipinski definition) is 1. The molecule has 2 rings (SSSR count). The zero-order valence-electron chi connectivity index (χ0n) is 12.4.